The van der Waals surface area contributed by atoms with Crippen molar-refractivity contribution in [2.75, 3.05) is 5.32 Å². The molecule has 2 heterocycles. The zero-order valence-corrected chi connectivity index (χ0v) is 12.8. The molecule has 0 bridgehead atoms. The number of carbonyl (C=O) groups is 1. The van der Waals surface area contributed by atoms with E-state index in [0.29, 0.717) is 12.0 Å². The van der Waals surface area contributed by atoms with Gasteiger partial charge in [-0.05, 0) is 30.9 Å². The molecule has 23 heavy (non-hydrogen) atoms. The van der Waals surface area contributed by atoms with Crippen LogP contribution in [0.4, 0.5) is 10.2 Å². The van der Waals surface area contributed by atoms with E-state index in [9.17, 15) is 19.1 Å². The maximum atomic E-state index is 12.9. The lowest BCUT2D eigenvalue weighted by Gasteiger charge is -2.15. The monoisotopic (exact) mass is 317 g/mol. The van der Waals surface area contributed by atoms with Crippen LogP contribution in [-0.4, -0.2) is 20.6 Å². The van der Waals surface area contributed by atoms with Gasteiger partial charge in [0.1, 0.15) is 22.9 Å². The zero-order valence-electron chi connectivity index (χ0n) is 12.8. The molecule has 2 aromatic rings. The predicted octanol–water partition coefficient (Wildman–Crippen LogP) is 1.93. The second kappa shape index (κ2) is 5.49. The molecule has 120 valence electrons. The van der Waals surface area contributed by atoms with E-state index in [-0.39, 0.29) is 23.0 Å². The highest BCUT2D eigenvalue weighted by molar-refractivity contribution is 6.05. The van der Waals surface area contributed by atoms with E-state index in [1.807, 2.05) is 6.92 Å². The topological polar surface area (TPSA) is 84.2 Å². The van der Waals surface area contributed by atoms with Gasteiger partial charge in [-0.3, -0.25) is 9.59 Å². The van der Waals surface area contributed by atoms with Gasteiger partial charge in [-0.1, -0.05) is 6.92 Å². The number of nitrogens with one attached hydrogen (secondary N) is 1. The normalized spacial score (nSPS) is 16.2. The predicted molar refractivity (Wildman–Crippen MR) is 82.2 cm³/mol. The number of fused-ring (bicyclic) bond motifs is 1. The Labute approximate surface area is 131 Å². The maximum Gasteiger partial charge on any atom is 0.267 e. The first-order valence-electron chi connectivity index (χ1n) is 7.27. The average Bonchev–Trinajstić information content (AvgIpc) is 2.90. The van der Waals surface area contributed by atoms with Gasteiger partial charge in [0, 0.05) is 18.3 Å². The van der Waals surface area contributed by atoms with Crippen molar-refractivity contribution in [1.82, 2.24) is 9.55 Å². The van der Waals surface area contributed by atoms with Crippen molar-refractivity contribution in [3.8, 4) is 5.75 Å². The Morgan fingerprint density at radius 3 is 2.87 bits per heavy atom. The van der Waals surface area contributed by atoms with Crippen molar-refractivity contribution >= 4 is 11.7 Å². The fraction of sp³-hybridized carbons (Fsp3) is 0.312. The van der Waals surface area contributed by atoms with Crippen LogP contribution in [0.15, 0.2) is 23.1 Å². The summed E-state index contributed by atoms with van der Waals surface area (Å²) < 4.78 is 14.3. The molecule has 1 amide bonds. The molecule has 0 fully saturated rings. The summed E-state index contributed by atoms with van der Waals surface area (Å²) in [6, 6.07) is 2.43. The Morgan fingerprint density at radius 2 is 2.22 bits per heavy atom. The molecule has 6 nitrogen and oxygen atoms in total. The van der Waals surface area contributed by atoms with Crippen molar-refractivity contribution in [3.63, 3.8) is 0 Å². The standard InChI is InChI=1S/C16H16FN3O3/c1-8-3-5-10-12(8)14(21)13(16(23)20(10)2)15(22)19-11-6-4-9(17)7-18-11/h4,6-8,21H,3,5H2,1-2H3,(H,18,19,22). The Morgan fingerprint density at radius 1 is 1.48 bits per heavy atom. The Bertz CT molecular complexity index is 843. The van der Waals surface area contributed by atoms with Gasteiger partial charge >= 0.3 is 0 Å². The number of pyridine rings is 2. The minimum Gasteiger partial charge on any atom is -0.507 e. The summed E-state index contributed by atoms with van der Waals surface area (Å²) in [6.07, 6.45) is 2.47. The second-order valence-corrected chi connectivity index (χ2v) is 5.70. The zero-order chi connectivity index (χ0) is 16.7. The van der Waals surface area contributed by atoms with Crippen molar-refractivity contribution in [2.24, 2.45) is 7.05 Å². The minimum absolute atomic E-state index is 0.0762. The van der Waals surface area contributed by atoms with Gasteiger partial charge in [0.25, 0.3) is 11.5 Å². The Hall–Kier alpha value is -2.70. The molecule has 0 aliphatic heterocycles. The number of halogens is 1. The van der Waals surface area contributed by atoms with E-state index in [1.165, 1.54) is 10.6 Å². The van der Waals surface area contributed by atoms with Gasteiger partial charge < -0.3 is 15.0 Å². The molecule has 0 spiro atoms. The van der Waals surface area contributed by atoms with Crippen molar-refractivity contribution in [3.05, 3.63) is 51.3 Å². The van der Waals surface area contributed by atoms with Crippen LogP contribution < -0.4 is 10.9 Å². The highest BCUT2D eigenvalue weighted by Gasteiger charge is 2.31. The highest BCUT2D eigenvalue weighted by atomic mass is 19.1. The molecule has 1 aliphatic carbocycles. The number of aromatic hydroxyl groups is 1. The summed E-state index contributed by atoms with van der Waals surface area (Å²) >= 11 is 0. The first-order valence-corrected chi connectivity index (χ1v) is 7.27. The van der Waals surface area contributed by atoms with E-state index in [2.05, 4.69) is 10.3 Å². The Kier molecular flexibility index (Phi) is 3.63. The fourth-order valence-corrected chi connectivity index (χ4v) is 2.99. The van der Waals surface area contributed by atoms with Crippen molar-refractivity contribution in [2.45, 2.75) is 25.7 Å². The molecule has 2 aromatic heterocycles. The molecule has 0 saturated carbocycles. The summed E-state index contributed by atoms with van der Waals surface area (Å²) in [5.41, 5.74) is 0.529. The van der Waals surface area contributed by atoms with E-state index in [0.717, 1.165) is 24.4 Å². The number of rotatable bonds is 2. The van der Waals surface area contributed by atoms with Gasteiger partial charge in [0.05, 0.1) is 6.20 Å². The molecule has 0 aromatic carbocycles. The van der Waals surface area contributed by atoms with Crippen LogP contribution in [0.2, 0.25) is 0 Å². The molecule has 0 saturated heterocycles. The van der Waals surface area contributed by atoms with Crippen LogP contribution in [0.5, 0.6) is 5.75 Å². The van der Waals surface area contributed by atoms with Gasteiger partial charge in [-0.15, -0.1) is 0 Å². The highest BCUT2D eigenvalue weighted by Crippen LogP contribution is 2.39. The van der Waals surface area contributed by atoms with Crippen LogP contribution in [0.1, 0.15) is 40.9 Å². The van der Waals surface area contributed by atoms with Crippen LogP contribution in [-0.2, 0) is 13.5 Å². The lowest BCUT2D eigenvalue weighted by molar-refractivity contribution is 0.102. The van der Waals surface area contributed by atoms with Crippen LogP contribution >= 0.6 is 0 Å². The molecule has 2 N–H and O–H groups in total. The van der Waals surface area contributed by atoms with E-state index in [1.54, 1.807) is 7.05 Å². The maximum absolute atomic E-state index is 12.9. The van der Waals surface area contributed by atoms with Gasteiger partial charge in [0.2, 0.25) is 0 Å². The van der Waals surface area contributed by atoms with E-state index in [4.69, 9.17) is 0 Å². The third-order valence-electron chi connectivity index (χ3n) is 4.23. The van der Waals surface area contributed by atoms with Crippen molar-refractivity contribution in [1.29, 1.82) is 0 Å². The molecule has 1 aliphatic rings. The molecule has 1 unspecified atom stereocenters. The molecule has 1 atom stereocenters. The van der Waals surface area contributed by atoms with Gasteiger partial charge in [0.15, 0.2) is 0 Å². The number of aromatic nitrogens is 2. The summed E-state index contributed by atoms with van der Waals surface area (Å²) in [7, 11) is 1.59. The largest absolute Gasteiger partial charge is 0.507 e. The third-order valence-corrected chi connectivity index (χ3v) is 4.23. The number of nitrogens with zero attached hydrogens (tertiary/aromatic N) is 2. The molecule has 7 heteroatoms. The summed E-state index contributed by atoms with van der Waals surface area (Å²) in [4.78, 5) is 28.5. The van der Waals surface area contributed by atoms with Crippen LogP contribution in [0, 0.1) is 5.82 Å². The van der Waals surface area contributed by atoms with E-state index < -0.39 is 17.3 Å². The number of hydrogen-bond acceptors (Lipinski definition) is 4. The van der Waals surface area contributed by atoms with Gasteiger partial charge in [-0.2, -0.15) is 0 Å². The Balaban J connectivity index is 2.04. The quantitative estimate of drug-likeness (QED) is 0.886. The summed E-state index contributed by atoms with van der Waals surface area (Å²) in [6.45, 7) is 1.94. The third kappa shape index (κ3) is 2.48. The number of anilines is 1. The summed E-state index contributed by atoms with van der Waals surface area (Å²) in [5, 5.41) is 12.8. The van der Waals surface area contributed by atoms with Crippen LogP contribution in [0.25, 0.3) is 0 Å². The second-order valence-electron chi connectivity index (χ2n) is 5.70. The fourth-order valence-electron chi connectivity index (χ4n) is 2.99. The minimum atomic E-state index is -0.760. The number of hydrogen-bond donors (Lipinski definition) is 2. The average molecular weight is 317 g/mol. The van der Waals surface area contributed by atoms with Crippen LogP contribution in [0.3, 0.4) is 0 Å². The molecular formula is C16H16FN3O3. The lowest BCUT2D eigenvalue weighted by atomic mass is 10.0. The van der Waals surface area contributed by atoms with Crippen molar-refractivity contribution < 1.29 is 14.3 Å². The number of amides is 1. The molecular weight excluding hydrogens is 301 g/mol. The van der Waals surface area contributed by atoms with Gasteiger partial charge in [-0.25, -0.2) is 9.37 Å². The first kappa shape index (κ1) is 15.2. The first-order chi connectivity index (χ1) is 10.9. The molecule has 3 rings (SSSR count). The SMILES string of the molecule is CC1CCc2c1c(O)c(C(=O)Nc1ccc(F)cn1)c(=O)n2C. The molecule has 0 radical (unpaired) electrons. The number of carbonyl (C=O) groups excluding carboxylic acids is 1. The smallest absolute Gasteiger partial charge is 0.267 e. The summed E-state index contributed by atoms with van der Waals surface area (Å²) in [5.74, 6) is -1.39. The van der Waals surface area contributed by atoms with E-state index >= 15 is 0 Å². The lowest BCUT2D eigenvalue weighted by Crippen LogP contribution is -2.30.